The van der Waals surface area contributed by atoms with Crippen LogP contribution in [-0.2, 0) is 6.18 Å². The predicted octanol–water partition coefficient (Wildman–Crippen LogP) is 5.47. The van der Waals surface area contributed by atoms with Crippen molar-refractivity contribution in [3.05, 3.63) is 33.8 Å². The van der Waals surface area contributed by atoms with Crippen LogP contribution >= 0.6 is 28.3 Å². The van der Waals surface area contributed by atoms with Crippen LogP contribution in [0.2, 0.25) is 0 Å². The summed E-state index contributed by atoms with van der Waals surface area (Å²) in [6.45, 7) is 0. The molecular weight excluding hydrogens is 355 g/mol. The van der Waals surface area contributed by atoms with E-state index in [0.717, 1.165) is 31.7 Å². The Bertz CT molecular complexity index is 445. The normalized spacial score (nSPS) is 18.4. The number of hydrogen-bond donors (Lipinski definition) is 1. The molecule has 1 aromatic rings. The number of alkyl halides is 3. The quantitative estimate of drug-likeness (QED) is 0.732. The Balaban J connectivity index is 0.00000200. The van der Waals surface area contributed by atoms with Crippen molar-refractivity contribution in [1.82, 2.24) is 0 Å². The van der Waals surface area contributed by atoms with Gasteiger partial charge in [0, 0.05) is 10.5 Å². The van der Waals surface area contributed by atoms with E-state index >= 15 is 0 Å². The Morgan fingerprint density at radius 1 is 1.10 bits per heavy atom. The molecule has 1 saturated carbocycles. The monoisotopic (exact) mass is 371 g/mol. The SMILES string of the molecule is Cl.N[C@H](c1cc(Br)cc(C(F)(F)F)c1)C1CCCCC1. The van der Waals surface area contributed by atoms with E-state index in [2.05, 4.69) is 15.9 Å². The molecule has 1 nitrogen and oxygen atoms in total. The number of rotatable bonds is 2. The van der Waals surface area contributed by atoms with Gasteiger partial charge in [-0.15, -0.1) is 12.4 Å². The standard InChI is InChI=1S/C14H17BrF3N.ClH/c15-12-7-10(6-11(8-12)14(16,17)18)13(19)9-4-2-1-3-5-9;/h6-9,13H,1-5,19H2;1H/t13-;/m0./s1. The lowest BCUT2D eigenvalue weighted by molar-refractivity contribution is -0.137. The van der Waals surface area contributed by atoms with Crippen LogP contribution < -0.4 is 5.73 Å². The summed E-state index contributed by atoms with van der Waals surface area (Å²) >= 11 is 3.14. The van der Waals surface area contributed by atoms with Gasteiger partial charge in [0.25, 0.3) is 0 Å². The lowest BCUT2D eigenvalue weighted by Crippen LogP contribution is -2.24. The molecule has 1 atom stereocenters. The van der Waals surface area contributed by atoms with Crippen molar-refractivity contribution < 1.29 is 13.2 Å². The highest BCUT2D eigenvalue weighted by molar-refractivity contribution is 9.10. The molecule has 6 heteroatoms. The molecule has 0 saturated heterocycles. The van der Waals surface area contributed by atoms with Gasteiger partial charge in [0.2, 0.25) is 0 Å². The molecule has 1 aromatic carbocycles. The average Bonchev–Trinajstić information content (AvgIpc) is 2.37. The zero-order chi connectivity index (χ0) is 14.0. The fraction of sp³-hybridized carbons (Fsp3) is 0.571. The predicted molar refractivity (Wildman–Crippen MR) is 79.9 cm³/mol. The van der Waals surface area contributed by atoms with E-state index in [0.29, 0.717) is 16.0 Å². The summed E-state index contributed by atoms with van der Waals surface area (Å²) in [5.74, 6) is 0.295. The van der Waals surface area contributed by atoms with Gasteiger partial charge in [0.15, 0.2) is 0 Å². The van der Waals surface area contributed by atoms with E-state index in [1.165, 1.54) is 12.5 Å². The molecule has 0 amide bonds. The second kappa shape index (κ2) is 7.14. The summed E-state index contributed by atoms with van der Waals surface area (Å²) in [7, 11) is 0. The minimum atomic E-state index is -4.33. The van der Waals surface area contributed by atoms with E-state index in [1.54, 1.807) is 6.07 Å². The molecule has 20 heavy (non-hydrogen) atoms. The first-order chi connectivity index (χ1) is 8.88. The molecule has 0 aromatic heterocycles. The van der Waals surface area contributed by atoms with Crippen LogP contribution in [0, 0.1) is 5.92 Å². The van der Waals surface area contributed by atoms with Gasteiger partial charge in [-0.05, 0) is 42.5 Å². The minimum Gasteiger partial charge on any atom is -0.324 e. The van der Waals surface area contributed by atoms with Crippen molar-refractivity contribution >= 4 is 28.3 Å². The number of hydrogen-bond acceptors (Lipinski definition) is 1. The van der Waals surface area contributed by atoms with Gasteiger partial charge in [0.1, 0.15) is 0 Å². The van der Waals surface area contributed by atoms with Crippen molar-refractivity contribution in [2.75, 3.05) is 0 Å². The van der Waals surface area contributed by atoms with Gasteiger partial charge in [-0.25, -0.2) is 0 Å². The zero-order valence-electron chi connectivity index (χ0n) is 10.9. The van der Waals surface area contributed by atoms with Crippen LogP contribution in [-0.4, -0.2) is 0 Å². The van der Waals surface area contributed by atoms with Crippen LogP contribution in [0.15, 0.2) is 22.7 Å². The van der Waals surface area contributed by atoms with E-state index in [-0.39, 0.29) is 18.4 Å². The first kappa shape index (κ1) is 17.8. The van der Waals surface area contributed by atoms with Crippen LogP contribution in [0.4, 0.5) is 13.2 Å². The van der Waals surface area contributed by atoms with Gasteiger partial charge < -0.3 is 5.73 Å². The molecule has 2 rings (SSSR count). The van der Waals surface area contributed by atoms with Crippen LogP contribution in [0.25, 0.3) is 0 Å². The second-order valence-electron chi connectivity index (χ2n) is 5.19. The first-order valence-corrected chi connectivity index (χ1v) is 7.30. The summed E-state index contributed by atoms with van der Waals surface area (Å²) in [4.78, 5) is 0. The Kier molecular flexibility index (Phi) is 6.35. The molecule has 2 N–H and O–H groups in total. The van der Waals surface area contributed by atoms with Gasteiger partial charge in [-0.3, -0.25) is 0 Å². The smallest absolute Gasteiger partial charge is 0.324 e. The molecule has 0 unspecified atom stereocenters. The molecule has 1 fully saturated rings. The summed E-state index contributed by atoms with van der Waals surface area (Å²) in [5.41, 5.74) is 6.10. The second-order valence-corrected chi connectivity index (χ2v) is 6.11. The third-order valence-corrected chi connectivity index (χ3v) is 4.25. The Labute approximate surface area is 131 Å². The number of halogens is 5. The highest BCUT2D eigenvalue weighted by Crippen LogP contribution is 2.37. The lowest BCUT2D eigenvalue weighted by Gasteiger charge is -2.28. The summed E-state index contributed by atoms with van der Waals surface area (Å²) in [6.07, 6.45) is 1.14. The average molecular weight is 373 g/mol. The number of benzene rings is 1. The van der Waals surface area contributed by atoms with Crippen molar-refractivity contribution in [2.24, 2.45) is 11.7 Å². The van der Waals surface area contributed by atoms with Gasteiger partial charge in [-0.1, -0.05) is 35.2 Å². The van der Waals surface area contributed by atoms with Crippen molar-refractivity contribution in [2.45, 2.75) is 44.3 Å². The van der Waals surface area contributed by atoms with Gasteiger partial charge >= 0.3 is 6.18 Å². The third-order valence-electron chi connectivity index (χ3n) is 3.79. The van der Waals surface area contributed by atoms with E-state index in [1.807, 2.05) is 0 Å². The van der Waals surface area contributed by atoms with Crippen LogP contribution in [0.1, 0.15) is 49.3 Å². The first-order valence-electron chi connectivity index (χ1n) is 6.51. The van der Waals surface area contributed by atoms with Crippen LogP contribution in [0.3, 0.4) is 0 Å². The maximum absolute atomic E-state index is 12.8. The molecule has 1 aliphatic rings. The molecular formula is C14H18BrClF3N. The minimum absolute atomic E-state index is 0. The Hall–Kier alpha value is -0.260. The van der Waals surface area contributed by atoms with E-state index in [4.69, 9.17) is 5.73 Å². The molecule has 0 bridgehead atoms. The molecule has 0 spiro atoms. The third kappa shape index (κ3) is 4.37. The summed E-state index contributed by atoms with van der Waals surface area (Å²) in [5, 5.41) is 0. The van der Waals surface area contributed by atoms with E-state index in [9.17, 15) is 13.2 Å². The fourth-order valence-corrected chi connectivity index (χ4v) is 3.24. The van der Waals surface area contributed by atoms with E-state index < -0.39 is 11.7 Å². The summed E-state index contributed by atoms with van der Waals surface area (Å²) in [6, 6.07) is 3.68. The van der Waals surface area contributed by atoms with Gasteiger partial charge in [0.05, 0.1) is 5.56 Å². The molecule has 114 valence electrons. The van der Waals surface area contributed by atoms with Crippen LogP contribution in [0.5, 0.6) is 0 Å². The zero-order valence-corrected chi connectivity index (χ0v) is 13.3. The summed E-state index contributed by atoms with van der Waals surface area (Å²) < 4.78 is 38.8. The molecule has 1 aliphatic carbocycles. The lowest BCUT2D eigenvalue weighted by atomic mass is 9.81. The number of nitrogens with two attached hydrogens (primary N) is 1. The highest BCUT2D eigenvalue weighted by atomic mass is 79.9. The topological polar surface area (TPSA) is 26.0 Å². The molecule has 0 radical (unpaired) electrons. The molecule has 0 aliphatic heterocycles. The van der Waals surface area contributed by atoms with Crippen molar-refractivity contribution in [3.63, 3.8) is 0 Å². The maximum Gasteiger partial charge on any atom is 0.416 e. The highest BCUT2D eigenvalue weighted by Gasteiger charge is 2.32. The Morgan fingerprint density at radius 2 is 1.70 bits per heavy atom. The van der Waals surface area contributed by atoms with Crippen molar-refractivity contribution in [1.29, 1.82) is 0 Å². The Morgan fingerprint density at radius 3 is 2.25 bits per heavy atom. The molecule has 0 heterocycles. The maximum atomic E-state index is 12.8. The van der Waals surface area contributed by atoms with Crippen molar-refractivity contribution in [3.8, 4) is 0 Å². The van der Waals surface area contributed by atoms with Gasteiger partial charge in [-0.2, -0.15) is 13.2 Å². The fourth-order valence-electron chi connectivity index (χ4n) is 2.73. The largest absolute Gasteiger partial charge is 0.416 e.